The highest BCUT2D eigenvalue weighted by atomic mass is 16.5. The number of nitrogens with zero attached hydrogens (tertiary/aromatic N) is 1. The summed E-state index contributed by atoms with van der Waals surface area (Å²) < 4.78 is 5.14. The molecule has 5 heteroatoms. The lowest BCUT2D eigenvalue weighted by atomic mass is 9.70. The van der Waals surface area contributed by atoms with E-state index in [1.807, 2.05) is 0 Å². The summed E-state index contributed by atoms with van der Waals surface area (Å²) in [5.74, 6) is -0.767. The van der Waals surface area contributed by atoms with Gasteiger partial charge < -0.3 is 9.72 Å². The molecule has 3 aliphatic rings. The molecule has 1 aliphatic carbocycles. The first-order valence-corrected chi connectivity index (χ1v) is 10.2. The van der Waals surface area contributed by atoms with Crippen LogP contribution in [0.25, 0.3) is 10.9 Å². The summed E-state index contributed by atoms with van der Waals surface area (Å²) in [7, 11) is 0. The molecule has 142 valence electrons. The number of fused-ring (bicyclic) bond motifs is 7. The molecular formula is C22H26N2O3. The standard InChI is InChI=1S/C22H26N2O3/c1-2-27-22(26)16-8-9-18-15(21(16)25)7-10-19-20-14(11-12-24(18)19)13-5-3-4-6-17(13)23-20/h3-6,15-16,18-19,23H,2,7-12H2,1H3/t15-,16?,18+,19+/m0/s1. The molecule has 0 radical (unpaired) electrons. The van der Waals surface area contributed by atoms with Crippen molar-refractivity contribution in [2.75, 3.05) is 13.2 Å². The van der Waals surface area contributed by atoms with Crippen LogP contribution in [0, 0.1) is 11.8 Å². The van der Waals surface area contributed by atoms with Gasteiger partial charge in [-0.25, -0.2) is 0 Å². The number of aromatic amines is 1. The van der Waals surface area contributed by atoms with Gasteiger partial charge in [-0.2, -0.15) is 0 Å². The van der Waals surface area contributed by atoms with E-state index in [1.54, 1.807) is 6.92 Å². The Hall–Kier alpha value is -2.14. The fraction of sp³-hybridized carbons (Fsp3) is 0.545. The molecule has 1 aromatic heterocycles. The van der Waals surface area contributed by atoms with Gasteiger partial charge in [0.1, 0.15) is 5.92 Å². The number of hydrogen-bond donors (Lipinski definition) is 1. The summed E-state index contributed by atoms with van der Waals surface area (Å²) in [5, 5.41) is 1.34. The van der Waals surface area contributed by atoms with Crippen LogP contribution in [0.4, 0.5) is 0 Å². The number of esters is 1. The molecule has 1 N–H and O–H groups in total. The second-order valence-electron chi connectivity index (χ2n) is 8.10. The largest absolute Gasteiger partial charge is 0.465 e. The van der Waals surface area contributed by atoms with Crippen LogP contribution in [0.5, 0.6) is 0 Å². The summed E-state index contributed by atoms with van der Waals surface area (Å²) in [6.45, 7) is 3.14. The van der Waals surface area contributed by atoms with Crippen molar-refractivity contribution in [2.45, 2.75) is 51.1 Å². The third-order valence-corrected chi connectivity index (χ3v) is 6.87. The number of ketones is 1. The van der Waals surface area contributed by atoms with E-state index in [4.69, 9.17) is 4.74 Å². The highest BCUT2D eigenvalue weighted by molar-refractivity contribution is 6.01. The number of hydrogen-bond acceptors (Lipinski definition) is 4. The van der Waals surface area contributed by atoms with Crippen LogP contribution < -0.4 is 0 Å². The van der Waals surface area contributed by atoms with E-state index in [0.717, 1.165) is 32.2 Å². The fourth-order valence-electron chi connectivity index (χ4n) is 5.72. The van der Waals surface area contributed by atoms with Gasteiger partial charge in [0.25, 0.3) is 0 Å². The maximum Gasteiger partial charge on any atom is 0.316 e. The van der Waals surface area contributed by atoms with E-state index in [9.17, 15) is 9.59 Å². The van der Waals surface area contributed by atoms with Gasteiger partial charge in [-0.1, -0.05) is 18.2 Å². The predicted molar refractivity (Wildman–Crippen MR) is 102 cm³/mol. The number of nitrogens with one attached hydrogen (secondary N) is 1. The number of aromatic nitrogens is 1. The normalized spacial score (nSPS) is 30.5. The number of benzene rings is 1. The van der Waals surface area contributed by atoms with Gasteiger partial charge in [-0.15, -0.1) is 0 Å². The van der Waals surface area contributed by atoms with E-state index < -0.39 is 5.92 Å². The molecule has 1 unspecified atom stereocenters. The van der Waals surface area contributed by atoms with E-state index >= 15 is 0 Å². The van der Waals surface area contributed by atoms with Crippen molar-refractivity contribution in [1.82, 2.24) is 9.88 Å². The van der Waals surface area contributed by atoms with Crippen molar-refractivity contribution >= 4 is 22.7 Å². The molecule has 1 saturated carbocycles. The Morgan fingerprint density at radius 1 is 1.22 bits per heavy atom. The molecule has 27 heavy (non-hydrogen) atoms. The topological polar surface area (TPSA) is 62.4 Å². The minimum Gasteiger partial charge on any atom is -0.465 e. The maximum atomic E-state index is 13.0. The molecule has 5 rings (SSSR count). The molecule has 1 saturated heterocycles. The van der Waals surface area contributed by atoms with Crippen LogP contribution in [0.3, 0.4) is 0 Å². The van der Waals surface area contributed by atoms with Crippen LogP contribution in [0.15, 0.2) is 24.3 Å². The number of carbonyl (C=O) groups is 2. The molecule has 0 spiro atoms. The van der Waals surface area contributed by atoms with Crippen LogP contribution in [0.1, 0.15) is 49.9 Å². The van der Waals surface area contributed by atoms with Crippen LogP contribution >= 0.6 is 0 Å². The van der Waals surface area contributed by atoms with Gasteiger partial charge in [0.15, 0.2) is 5.78 Å². The smallest absolute Gasteiger partial charge is 0.316 e. The van der Waals surface area contributed by atoms with Crippen molar-refractivity contribution in [3.63, 3.8) is 0 Å². The van der Waals surface area contributed by atoms with Crippen molar-refractivity contribution in [2.24, 2.45) is 11.8 Å². The molecule has 0 amide bonds. The summed E-state index contributed by atoms with van der Waals surface area (Å²) in [6.07, 6.45) is 4.40. The van der Waals surface area contributed by atoms with E-state index in [1.165, 1.54) is 22.2 Å². The van der Waals surface area contributed by atoms with Gasteiger partial charge in [0.2, 0.25) is 0 Å². The quantitative estimate of drug-likeness (QED) is 0.654. The van der Waals surface area contributed by atoms with Gasteiger partial charge >= 0.3 is 5.97 Å². The Morgan fingerprint density at radius 3 is 2.93 bits per heavy atom. The zero-order valence-corrected chi connectivity index (χ0v) is 15.7. The Labute approximate surface area is 159 Å². The highest BCUT2D eigenvalue weighted by Gasteiger charge is 2.49. The SMILES string of the molecule is CCOC(=O)C1CC[C@@H]2[C@H](CC[C@@H]3c4[nH]c5ccccc5c4CCN32)C1=O. The first kappa shape index (κ1) is 17.0. The minimum atomic E-state index is -0.545. The maximum absolute atomic E-state index is 13.0. The first-order chi connectivity index (χ1) is 13.2. The molecule has 3 heterocycles. The Balaban J connectivity index is 1.42. The summed E-state index contributed by atoms with van der Waals surface area (Å²) in [5.41, 5.74) is 4.02. The summed E-state index contributed by atoms with van der Waals surface area (Å²) in [6, 6.07) is 9.18. The van der Waals surface area contributed by atoms with Crippen molar-refractivity contribution in [3.05, 3.63) is 35.5 Å². The summed E-state index contributed by atoms with van der Waals surface area (Å²) in [4.78, 5) is 31.4. The Bertz CT molecular complexity index is 902. The first-order valence-electron chi connectivity index (χ1n) is 10.2. The molecular weight excluding hydrogens is 340 g/mol. The number of rotatable bonds is 2. The molecule has 2 fully saturated rings. The molecule has 5 nitrogen and oxygen atoms in total. The molecule has 2 aliphatic heterocycles. The molecule has 0 bridgehead atoms. The lowest BCUT2D eigenvalue weighted by Gasteiger charge is -2.50. The lowest BCUT2D eigenvalue weighted by Crippen LogP contribution is -2.55. The van der Waals surface area contributed by atoms with Crippen LogP contribution in [-0.2, 0) is 20.7 Å². The average molecular weight is 366 g/mol. The lowest BCUT2D eigenvalue weighted by molar-refractivity contribution is -0.157. The number of Topliss-reactive ketones (excluding diaryl/α,β-unsaturated/α-hetero) is 1. The minimum absolute atomic E-state index is 0.0182. The van der Waals surface area contributed by atoms with Gasteiger partial charge in [-0.3, -0.25) is 14.5 Å². The van der Waals surface area contributed by atoms with E-state index in [-0.39, 0.29) is 23.7 Å². The second-order valence-corrected chi connectivity index (χ2v) is 8.10. The van der Waals surface area contributed by atoms with E-state index in [2.05, 4.69) is 34.1 Å². The number of piperidine rings is 1. The molecule has 4 atom stereocenters. The Morgan fingerprint density at radius 2 is 2.07 bits per heavy atom. The molecule has 2 aromatic rings. The number of ether oxygens (including phenoxy) is 1. The average Bonchev–Trinajstić information content (AvgIpc) is 3.07. The van der Waals surface area contributed by atoms with Gasteiger partial charge in [0.05, 0.1) is 12.6 Å². The van der Waals surface area contributed by atoms with E-state index in [0.29, 0.717) is 19.1 Å². The third-order valence-electron chi connectivity index (χ3n) is 6.87. The number of para-hydroxylation sites is 1. The zero-order chi connectivity index (χ0) is 18.5. The zero-order valence-electron chi connectivity index (χ0n) is 15.7. The molecule has 1 aromatic carbocycles. The predicted octanol–water partition coefficient (Wildman–Crippen LogP) is 3.39. The van der Waals surface area contributed by atoms with Crippen molar-refractivity contribution in [1.29, 1.82) is 0 Å². The Kier molecular flexibility index (Phi) is 4.08. The van der Waals surface area contributed by atoms with Crippen LogP contribution in [-0.4, -0.2) is 40.8 Å². The second kappa shape index (κ2) is 6.48. The van der Waals surface area contributed by atoms with Gasteiger partial charge in [0, 0.05) is 35.1 Å². The van der Waals surface area contributed by atoms with Crippen molar-refractivity contribution < 1.29 is 14.3 Å². The highest BCUT2D eigenvalue weighted by Crippen LogP contribution is 2.47. The van der Waals surface area contributed by atoms with Crippen LogP contribution in [0.2, 0.25) is 0 Å². The summed E-state index contributed by atoms with van der Waals surface area (Å²) >= 11 is 0. The fourth-order valence-corrected chi connectivity index (χ4v) is 5.72. The monoisotopic (exact) mass is 366 g/mol. The number of H-pyrrole nitrogens is 1. The van der Waals surface area contributed by atoms with Crippen molar-refractivity contribution in [3.8, 4) is 0 Å². The van der Waals surface area contributed by atoms with Gasteiger partial charge in [-0.05, 0) is 50.7 Å². The third kappa shape index (κ3) is 2.55. The number of carbonyl (C=O) groups excluding carboxylic acids is 2.